The number of fused-ring (bicyclic) bond motifs is 2. The lowest BCUT2D eigenvalue weighted by Crippen LogP contribution is -2.17. The highest BCUT2D eigenvalue weighted by Crippen LogP contribution is 2.31. The Kier molecular flexibility index (Phi) is 5.72. The van der Waals surface area contributed by atoms with Crippen molar-refractivity contribution in [3.63, 3.8) is 0 Å². The highest BCUT2D eigenvalue weighted by Gasteiger charge is 2.20. The van der Waals surface area contributed by atoms with E-state index in [1.807, 2.05) is 25.3 Å². The summed E-state index contributed by atoms with van der Waals surface area (Å²) in [7, 11) is 0. The molecule has 3 aromatic carbocycles. The molecular formula is C26H21ClFN5O3. The molecule has 5 rings (SSSR count). The zero-order chi connectivity index (χ0) is 25.7. The molecule has 0 radical (unpaired) electrons. The molecule has 5 aromatic rings. The first-order valence-corrected chi connectivity index (χ1v) is 11.5. The smallest absolute Gasteiger partial charge is 0.335 e. The first-order valence-electron chi connectivity index (χ1n) is 11.2. The molecular weight excluding hydrogens is 485 g/mol. The normalized spacial score (nSPS) is 11.5. The first-order chi connectivity index (χ1) is 17.1. The number of carboxylic acids is 1. The van der Waals surface area contributed by atoms with Crippen LogP contribution < -0.4 is 5.32 Å². The minimum atomic E-state index is -1.05. The summed E-state index contributed by atoms with van der Waals surface area (Å²) in [6.45, 7) is 5.69. The number of nitrogens with zero attached hydrogens (tertiary/aromatic N) is 3. The molecule has 1 amide bonds. The highest BCUT2D eigenvalue weighted by atomic mass is 35.5. The number of benzene rings is 3. The van der Waals surface area contributed by atoms with Crippen molar-refractivity contribution in [2.45, 2.75) is 26.8 Å². The minimum absolute atomic E-state index is 0.0501. The van der Waals surface area contributed by atoms with Crippen LogP contribution >= 0.6 is 11.6 Å². The standard InChI is InChI=1S/C26H21ClFN5O3/c1-12(2)33-20-8-7-14(25(35)36)10-18(20)30-26(33)32-24(34)15-9-13(3)22-19(11-15)29-23(31-22)21-16(27)5-4-6-17(21)28/h4-12H,1-3H3,(H,29,31)(H,35,36)(H,30,32,34). The Labute approximate surface area is 209 Å². The van der Waals surface area contributed by atoms with Crippen LogP contribution in [-0.2, 0) is 0 Å². The second-order valence-electron chi connectivity index (χ2n) is 8.73. The number of rotatable bonds is 5. The predicted molar refractivity (Wildman–Crippen MR) is 136 cm³/mol. The fourth-order valence-corrected chi connectivity index (χ4v) is 4.53. The maximum atomic E-state index is 14.4. The number of carboxylic acid groups (broad SMARTS) is 1. The number of halogens is 2. The fourth-order valence-electron chi connectivity index (χ4n) is 4.28. The fraction of sp³-hybridized carbons (Fsp3) is 0.154. The summed E-state index contributed by atoms with van der Waals surface area (Å²) in [4.78, 5) is 36.7. The van der Waals surface area contributed by atoms with E-state index in [1.54, 1.807) is 24.3 Å². The van der Waals surface area contributed by atoms with Crippen molar-refractivity contribution in [1.29, 1.82) is 0 Å². The van der Waals surface area contributed by atoms with Gasteiger partial charge in [0.25, 0.3) is 5.91 Å². The van der Waals surface area contributed by atoms with Crippen LogP contribution in [0.5, 0.6) is 0 Å². The van der Waals surface area contributed by atoms with Crippen molar-refractivity contribution in [2.75, 3.05) is 5.32 Å². The number of aryl methyl sites for hydroxylation is 1. The van der Waals surface area contributed by atoms with Gasteiger partial charge in [-0.25, -0.2) is 19.2 Å². The van der Waals surface area contributed by atoms with E-state index in [1.165, 1.54) is 24.3 Å². The van der Waals surface area contributed by atoms with Gasteiger partial charge in [0.2, 0.25) is 5.95 Å². The quantitative estimate of drug-likeness (QED) is 0.263. The van der Waals surface area contributed by atoms with Crippen LogP contribution in [0.25, 0.3) is 33.5 Å². The van der Waals surface area contributed by atoms with Crippen LogP contribution in [0.15, 0.2) is 48.5 Å². The van der Waals surface area contributed by atoms with Gasteiger partial charge in [0.15, 0.2) is 0 Å². The molecule has 0 saturated heterocycles. The number of aromatic nitrogens is 4. The lowest BCUT2D eigenvalue weighted by molar-refractivity contribution is 0.0696. The number of H-pyrrole nitrogens is 1. The maximum Gasteiger partial charge on any atom is 0.335 e. The van der Waals surface area contributed by atoms with E-state index >= 15 is 0 Å². The topological polar surface area (TPSA) is 113 Å². The third-order valence-corrected chi connectivity index (χ3v) is 6.23. The Hall–Kier alpha value is -4.24. The lowest BCUT2D eigenvalue weighted by atomic mass is 10.1. The summed E-state index contributed by atoms with van der Waals surface area (Å²) in [6.07, 6.45) is 0. The second kappa shape index (κ2) is 8.76. The summed E-state index contributed by atoms with van der Waals surface area (Å²) in [5.41, 5.74) is 3.66. The van der Waals surface area contributed by atoms with Gasteiger partial charge in [-0.15, -0.1) is 0 Å². The van der Waals surface area contributed by atoms with Crippen molar-refractivity contribution < 1.29 is 19.1 Å². The molecule has 0 fully saturated rings. The summed E-state index contributed by atoms with van der Waals surface area (Å²) < 4.78 is 16.3. The van der Waals surface area contributed by atoms with Crippen molar-refractivity contribution in [2.24, 2.45) is 0 Å². The number of aromatic amines is 1. The second-order valence-corrected chi connectivity index (χ2v) is 9.14. The zero-order valence-corrected chi connectivity index (χ0v) is 20.3. The predicted octanol–water partition coefficient (Wildman–Crippen LogP) is 6.21. The monoisotopic (exact) mass is 505 g/mol. The Morgan fingerprint density at radius 3 is 2.58 bits per heavy atom. The summed E-state index contributed by atoms with van der Waals surface area (Å²) in [6, 6.07) is 12.3. The van der Waals surface area contributed by atoms with Gasteiger partial charge >= 0.3 is 5.97 Å². The molecule has 0 bridgehead atoms. The molecule has 0 saturated carbocycles. The van der Waals surface area contributed by atoms with Gasteiger partial charge in [-0.3, -0.25) is 10.1 Å². The van der Waals surface area contributed by atoms with Crippen LogP contribution in [0.3, 0.4) is 0 Å². The third-order valence-electron chi connectivity index (χ3n) is 5.92. The van der Waals surface area contributed by atoms with E-state index in [2.05, 4.69) is 20.3 Å². The molecule has 0 unspecified atom stereocenters. The molecule has 0 aliphatic carbocycles. The average Bonchev–Trinajstić information content (AvgIpc) is 3.39. The number of amides is 1. The number of anilines is 1. The molecule has 0 atom stereocenters. The number of carbonyl (C=O) groups excluding carboxylic acids is 1. The first kappa shape index (κ1) is 23.5. The van der Waals surface area contributed by atoms with Crippen LogP contribution in [0.4, 0.5) is 10.3 Å². The van der Waals surface area contributed by atoms with E-state index in [0.717, 1.165) is 5.56 Å². The van der Waals surface area contributed by atoms with Crippen LogP contribution in [0.1, 0.15) is 46.2 Å². The SMILES string of the molecule is Cc1cc(C(=O)Nc2nc3cc(C(=O)O)ccc3n2C(C)C)cc2[nH]c(-c3c(F)cccc3Cl)nc12. The molecule has 0 spiro atoms. The van der Waals surface area contributed by atoms with E-state index in [4.69, 9.17) is 11.6 Å². The van der Waals surface area contributed by atoms with Gasteiger partial charge in [0.05, 0.1) is 38.2 Å². The number of nitrogens with one attached hydrogen (secondary N) is 2. The highest BCUT2D eigenvalue weighted by molar-refractivity contribution is 6.33. The molecule has 182 valence electrons. The van der Waals surface area contributed by atoms with E-state index in [0.29, 0.717) is 33.6 Å². The van der Waals surface area contributed by atoms with Gasteiger partial charge in [-0.2, -0.15) is 0 Å². The minimum Gasteiger partial charge on any atom is -0.478 e. The molecule has 10 heteroatoms. The van der Waals surface area contributed by atoms with E-state index in [-0.39, 0.29) is 28.0 Å². The number of hydrogen-bond donors (Lipinski definition) is 3. The molecule has 8 nitrogen and oxygen atoms in total. The number of imidazole rings is 2. The maximum absolute atomic E-state index is 14.4. The van der Waals surface area contributed by atoms with Crippen LogP contribution in [-0.4, -0.2) is 36.5 Å². The summed E-state index contributed by atoms with van der Waals surface area (Å²) in [5.74, 6) is -1.40. The van der Waals surface area contributed by atoms with Gasteiger partial charge in [0.1, 0.15) is 11.6 Å². The summed E-state index contributed by atoms with van der Waals surface area (Å²) >= 11 is 6.20. The van der Waals surface area contributed by atoms with Crippen LogP contribution in [0.2, 0.25) is 5.02 Å². The molecule has 0 aliphatic heterocycles. The summed E-state index contributed by atoms with van der Waals surface area (Å²) in [5, 5.41) is 12.4. The van der Waals surface area contributed by atoms with Crippen molar-refractivity contribution in [3.05, 3.63) is 76.1 Å². The molecule has 2 aromatic heterocycles. The Morgan fingerprint density at radius 2 is 1.89 bits per heavy atom. The number of carbonyl (C=O) groups is 2. The average molecular weight is 506 g/mol. The van der Waals surface area contributed by atoms with E-state index < -0.39 is 17.7 Å². The van der Waals surface area contributed by atoms with Crippen molar-refractivity contribution >= 4 is 51.5 Å². The van der Waals surface area contributed by atoms with Gasteiger partial charge in [-0.1, -0.05) is 17.7 Å². The van der Waals surface area contributed by atoms with Crippen LogP contribution in [0, 0.1) is 12.7 Å². The Balaban J connectivity index is 1.53. The Bertz CT molecular complexity index is 1670. The van der Waals surface area contributed by atoms with Gasteiger partial charge in [0, 0.05) is 11.6 Å². The van der Waals surface area contributed by atoms with Crippen molar-refractivity contribution in [1.82, 2.24) is 19.5 Å². The Morgan fingerprint density at radius 1 is 1.11 bits per heavy atom. The van der Waals surface area contributed by atoms with Gasteiger partial charge < -0.3 is 14.7 Å². The molecule has 2 heterocycles. The third kappa shape index (κ3) is 3.97. The number of aromatic carboxylic acids is 1. The van der Waals surface area contributed by atoms with Crippen molar-refractivity contribution in [3.8, 4) is 11.4 Å². The lowest BCUT2D eigenvalue weighted by Gasteiger charge is -2.13. The molecule has 36 heavy (non-hydrogen) atoms. The zero-order valence-electron chi connectivity index (χ0n) is 19.6. The van der Waals surface area contributed by atoms with E-state index in [9.17, 15) is 19.1 Å². The number of hydrogen-bond acceptors (Lipinski definition) is 4. The molecule has 3 N–H and O–H groups in total. The van der Waals surface area contributed by atoms with Gasteiger partial charge in [-0.05, 0) is 68.8 Å². The largest absolute Gasteiger partial charge is 0.478 e. The molecule has 0 aliphatic rings.